The number of hydrogen-bond donors (Lipinski definition) is 1. The van der Waals surface area contributed by atoms with Gasteiger partial charge in [0.1, 0.15) is 11.4 Å². The van der Waals surface area contributed by atoms with Gasteiger partial charge in [-0.2, -0.15) is 0 Å². The van der Waals surface area contributed by atoms with Crippen LogP contribution in [0, 0.1) is 5.92 Å². The van der Waals surface area contributed by atoms with E-state index in [9.17, 15) is 0 Å². The summed E-state index contributed by atoms with van der Waals surface area (Å²) in [6, 6.07) is 6.14. The van der Waals surface area contributed by atoms with E-state index in [4.69, 9.17) is 10.5 Å². The fourth-order valence-corrected chi connectivity index (χ4v) is 2.44. The molecule has 0 spiro atoms. The highest BCUT2D eigenvalue weighted by molar-refractivity contribution is 9.10. The van der Waals surface area contributed by atoms with Crippen LogP contribution < -0.4 is 10.5 Å². The first-order valence-corrected chi connectivity index (χ1v) is 6.46. The van der Waals surface area contributed by atoms with Gasteiger partial charge < -0.3 is 10.5 Å². The second-order valence-electron chi connectivity index (χ2n) is 5.06. The third kappa shape index (κ3) is 1.98. The quantitative estimate of drug-likeness (QED) is 0.854. The highest BCUT2D eigenvalue weighted by Gasteiger charge is 2.38. The van der Waals surface area contributed by atoms with Gasteiger partial charge in [-0.3, -0.25) is 0 Å². The third-order valence-electron chi connectivity index (χ3n) is 3.56. The highest BCUT2D eigenvalue weighted by atomic mass is 79.9. The minimum absolute atomic E-state index is 0.0734. The van der Waals surface area contributed by atoms with Gasteiger partial charge >= 0.3 is 0 Å². The van der Waals surface area contributed by atoms with E-state index in [2.05, 4.69) is 36.7 Å². The van der Waals surface area contributed by atoms with Crippen molar-refractivity contribution >= 4 is 15.9 Å². The van der Waals surface area contributed by atoms with E-state index in [1.54, 1.807) is 0 Å². The van der Waals surface area contributed by atoms with E-state index in [0.717, 1.165) is 22.2 Å². The molecule has 1 aromatic carbocycles. The molecule has 1 unspecified atom stereocenters. The van der Waals surface area contributed by atoms with Crippen molar-refractivity contribution in [3.8, 4) is 5.75 Å². The van der Waals surface area contributed by atoms with E-state index in [-0.39, 0.29) is 11.6 Å². The summed E-state index contributed by atoms with van der Waals surface area (Å²) in [5.74, 6) is 1.37. The van der Waals surface area contributed by atoms with E-state index < -0.39 is 0 Å². The summed E-state index contributed by atoms with van der Waals surface area (Å²) < 4.78 is 7.16. The van der Waals surface area contributed by atoms with Gasteiger partial charge in [0, 0.05) is 22.5 Å². The predicted octanol–water partition coefficient (Wildman–Crippen LogP) is 3.65. The summed E-state index contributed by atoms with van der Waals surface area (Å²) in [4.78, 5) is 0. The standard InChI is InChI=1S/C13H18BrNO/c1-8(2)13(3)7-11(15)10-5-4-9(14)6-12(10)16-13/h4-6,8,11H,7,15H2,1-3H3/t11-,13?/m1/s1. The normalized spacial score (nSPS) is 28.8. The average molecular weight is 284 g/mol. The van der Waals surface area contributed by atoms with Gasteiger partial charge in [-0.05, 0) is 25.0 Å². The zero-order chi connectivity index (χ0) is 11.9. The first-order valence-electron chi connectivity index (χ1n) is 5.66. The Labute approximate surface area is 105 Å². The van der Waals surface area contributed by atoms with Crippen molar-refractivity contribution in [3.05, 3.63) is 28.2 Å². The second-order valence-corrected chi connectivity index (χ2v) is 5.98. The highest BCUT2D eigenvalue weighted by Crippen LogP contribution is 2.42. The fraction of sp³-hybridized carbons (Fsp3) is 0.538. The zero-order valence-electron chi connectivity index (χ0n) is 9.96. The molecule has 0 aliphatic carbocycles. The Morgan fingerprint density at radius 3 is 2.81 bits per heavy atom. The molecule has 2 N–H and O–H groups in total. The summed E-state index contributed by atoms with van der Waals surface area (Å²) >= 11 is 3.46. The SMILES string of the molecule is CC(C)C1(C)C[C@@H](N)c2ccc(Br)cc2O1. The third-order valence-corrected chi connectivity index (χ3v) is 4.06. The number of ether oxygens (including phenoxy) is 1. The van der Waals surface area contributed by atoms with Gasteiger partial charge in [-0.1, -0.05) is 35.8 Å². The largest absolute Gasteiger partial charge is 0.487 e. The molecular formula is C13H18BrNO. The minimum Gasteiger partial charge on any atom is -0.487 e. The molecular weight excluding hydrogens is 266 g/mol. The number of hydrogen-bond acceptors (Lipinski definition) is 2. The molecule has 0 bridgehead atoms. The summed E-state index contributed by atoms with van der Waals surface area (Å²) in [5, 5.41) is 0. The van der Waals surface area contributed by atoms with Crippen molar-refractivity contribution in [2.45, 2.75) is 38.8 Å². The number of rotatable bonds is 1. The first kappa shape index (κ1) is 11.9. The van der Waals surface area contributed by atoms with E-state index in [1.165, 1.54) is 0 Å². The van der Waals surface area contributed by atoms with E-state index in [0.29, 0.717) is 5.92 Å². The van der Waals surface area contributed by atoms with Crippen molar-refractivity contribution in [1.82, 2.24) is 0 Å². The van der Waals surface area contributed by atoms with Crippen LogP contribution in [0.3, 0.4) is 0 Å². The first-order chi connectivity index (χ1) is 7.42. The molecule has 0 aromatic heterocycles. The lowest BCUT2D eigenvalue weighted by Gasteiger charge is -2.41. The maximum atomic E-state index is 6.21. The van der Waals surface area contributed by atoms with E-state index >= 15 is 0 Å². The molecule has 1 aromatic rings. The molecule has 1 heterocycles. The summed E-state index contributed by atoms with van der Waals surface area (Å²) in [6.07, 6.45) is 0.874. The molecule has 2 rings (SSSR count). The number of nitrogens with two attached hydrogens (primary N) is 1. The van der Waals surface area contributed by atoms with Crippen molar-refractivity contribution < 1.29 is 4.74 Å². The van der Waals surface area contributed by atoms with Gasteiger partial charge in [-0.25, -0.2) is 0 Å². The van der Waals surface area contributed by atoms with Crippen LogP contribution in [0.25, 0.3) is 0 Å². The Balaban J connectivity index is 2.42. The van der Waals surface area contributed by atoms with Crippen LogP contribution in [0.4, 0.5) is 0 Å². The Kier molecular flexibility index (Phi) is 3.01. The van der Waals surface area contributed by atoms with Crippen molar-refractivity contribution in [3.63, 3.8) is 0 Å². The lowest BCUT2D eigenvalue weighted by molar-refractivity contribution is 0.0107. The van der Waals surface area contributed by atoms with Crippen LogP contribution in [-0.4, -0.2) is 5.60 Å². The molecule has 0 saturated heterocycles. The number of halogens is 1. The minimum atomic E-state index is -0.160. The van der Waals surface area contributed by atoms with Crippen LogP contribution >= 0.6 is 15.9 Å². The molecule has 1 aliphatic heterocycles. The number of fused-ring (bicyclic) bond motifs is 1. The van der Waals surface area contributed by atoms with Crippen LogP contribution in [0.2, 0.25) is 0 Å². The second kappa shape index (κ2) is 4.04. The molecule has 16 heavy (non-hydrogen) atoms. The Morgan fingerprint density at radius 2 is 2.19 bits per heavy atom. The molecule has 0 saturated carbocycles. The molecule has 88 valence electrons. The maximum absolute atomic E-state index is 6.21. The van der Waals surface area contributed by atoms with Gasteiger partial charge in [0.2, 0.25) is 0 Å². The summed E-state index contributed by atoms with van der Waals surface area (Å²) in [7, 11) is 0. The summed E-state index contributed by atoms with van der Waals surface area (Å²) in [6.45, 7) is 6.49. The predicted molar refractivity (Wildman–Crippen MR) is 69.6 cm³/mol. The molecule has 0 radical (unpaired) electrons. The van der Waals surface area contributed by atoms with Crippen LogP contribution in [0.5, 0.6) is 5.75 Å². The Morgan fingerprint density at radius 1 is 1.50 bits per heavy atom. The summed E-state index contributed by atoms with van der Waals surface area (Å²) in [5.41, 5.74) is 7.17. The average Bonchev–Trinajstić information content (AvgIpc) is 2.16. The van der Waals surface area contributed by atoms with Gasteiger partial charge in [0.05, 0.1) is 0 Å². The molecule has 3 heteroatoms. The van der Waals surface area contributed by atoms with Crippen LogP contribution in [-0.2, 0) is 0 Å². The molecule has 2 nitrogen and oxygen atoms in total. The maximum Gasteiger partial charge on any atom is 0.126 e. The van der Waals surface area contributed by atoms with Gasteiger partial charge in [-0.15, -0.1) is 0 Å². The van der Waals surface area contributed by atoms with Crippen LogP contribution in [0.15, 0.2) is 22.7 Å². The molecule has 1 aliphatic rings. The zero-order valence-corrected chi connectivity index (χ0v) is 11.5. The lowest BCUT2D eigenvalue weighted by atomic mass is 9.81. The van der Waals surface area contributed by atoms with Gasteiger partial charge in [0.25, 0.3) is 0 Å². The molecule has 0 amide bonds. The monoisotopic (exact) mass is 283 g/mol. The van der Waals surface area contributed by atoms with Crippen molar-refractivity contribution in [1.29, 1.82) is 0 Å². The Hall–Kier alpha value is -0.540. The van der Waals surface area contributed by atoms with E-state index in [1.807, 2.05) is 18.2 Å². The topological polar surface area (TPSA) is 35.2 Å². The smallest absolute Gasteiger partial charge is 0.126 e. The molecule has 0 fully saturated rings. The van der Waals surface area contributed by atoms with Crippen molar-refractivity contribution in [2.24, 2.45) is 11.7 Å². The number of benzene rings is 1. The lowest BCUT2D eigenvalue weighted by Crippen LogP contribution is -2.44. The Bertz CT molecular complexity index is 405. The molecule has 2 atom stereocenters. The van der Waals surface area contributed by atoms with Crippen molar-refractivity contribution in [2.75, 3.05) is 0 Å². The fourth-order valence-electron chi connectivity index (χ4n) is 2.10. The van der Waals surface area contributed by atoms with Gasteiger partial charge in [0.15, 0.2) is 0 Å². The van der Waals surface area contributed by atoms with Crippen LogP contribution in [0.1, 0.15) is 38.8 Å².